The van der Waals surface area contributed by atoms with Crippen LogP contribution in [0.4, 0.5) is 17.6 Å². The molecule has 0 aromatic heterocycles. The molecule has 1 N–H and O–H groups in total. The number of halogens is 5. The standard InChI is InChI=1S/C13H14F4N2O2S.ClH/c14-10-1-2-12(11(3-10)13(15,16)17)22(20,21)19-6-8-4-18-5-9(8)7-19;/h1-3,8-9,18H,4-7H2;1H/t8-,9+;. The van der Waals surface area contributed by atoms with Gasteiger partial charge in [0.2, 0.25) is 10.0 Å². The van der Waals surface area contributed by atoms with Gasteiger partial charge in [0.15, 0.2) is 0 Å². The summed E-state index contributed by atoms with van der Waals surface area (Å²) in [5.74, 6) is -0.886. The molecule has 0 unspecified atom stereocenters. The Morgan fingerprint density at radius 1 is 1.13 bits per heavy atom. The summed E-state index contributed by atoms with van der Waals surface area (Å²) in [5.41, 5.74) is -1.46. The predicted molar refractivity (Wildman–Crippen MR) is 77.3 cm³/mol. The maximum atomic E-state index is 13.1. The summed E-state index contributed by atoms with van der Waals surface area (Å²) in [6.45, 7) is 1.70. The number of hydrogen-bond acceptors (Lipinski definition) is 3. The third kappa shape index (κ3) is 3.33. The molecular weight excluding hydrogens is 360 g/mol. The van der Waals surface area contributed by atoms with Crippen molar-refractivity contribution in [1.82, 2.24) is 9.62 Å². The lowest BCUT2D eigenvalue weighted by Crippen LogP contribution is -2.33. The van der Waals surface area contributed by atoms with Crippen molar-refractivity contribution < 1.29 is 26.0 Å². The Morgan fingerprint density at radius 3 is 2.22 bits per heavy atom. The molecule has 0 saturated carbocycles. The molecule has 2 aliphatic heterocycles. The maximum absolute atomic E-state index is 13.1. The smallest absolute Gasteiger partial charge is 0.316 e. The van der Waals surface area contributed by atoms with Crippen LogP contribution in [0.25, 0.3) is 0 Å². The number of nitrogens with one attached hydrogen (secondary N) is 1. The van der Waals surface area contributed by atoms with Crippen molar-refractivity contribution in [2.45, 2.75) is 11.1 Å². The van der Waals surface area contributed by atoms with E-state index in [4.69, 9.17) is 0 Å². The number of alkyl halides is 3. The lowest BCUT2D eigenvalue weighted by atomic mass is 10.0. The van der Waals surface area contributed by atoms with Crippen molar-refractivity contribution >= 4 is 22.4 Å². The van der Waals surface area contributed by atoms with Gasteiger partial charge >= 0.3 is 6.18 Å². The fourth-order valence-corrected chi connectivity index (χ4v) is 4.84. The van der Waals surface area contributed by atoms with E-state index in [0.717, 1.165) is 10.4 Å². The van der Waals surface area contributed by atoms with Gasteiger partial charge in [-0.15, -0.1) is 12.4 Å². The molecule has 0 amide bonds. The Labute approximate surface area is 137 Å². The molecule has 2 atom stereocenters. The van der Waals surface area contributed by atoms with Crippen molar-refractivity contribution in [2.75, 3.05) is 26.2 Å². The first-order valence-electron chi connectivity index (χ1n) is 6.77. The number of fused-ring (bicyclic) bond motifs is 1. The second-order valence-electron chi connectivity index (χ2n) is 5.64. The summed E-state index contributed by atoms with van der Waals surface area (Å²) >= 11 is 0. The number of nitrogens with zero attached hydrogens (tertiary/aromatic N) is 1. The summed E-state index contributed by atoms with van der Waals surface area (Å²) in [4.78, 5) is -0.880. The largest absolute Gasteiger partial charge is 0.417 e. The van der Waals surface area contributed by atoms with Gasteiger partial charge in [0.05, 0.1) is 10.5 Å². The summed E-state index contributed by atoms with van der Waals surface area (Å²) in [7, 11) is -4.29. The van der Waals surface area contributed by atoms with E-state index in [-0.39, 0.29) is 43.4 Å². The van der Waals surface area contributed by atoms with E-state index in [1.54, 1.807) is 0 Å². The van der Waals surface area contributed by atoms with Crippen LogP contribution in [-0.2, 0) is 16.2 Å². The Morgan fingerprint density at radius 2 is 1.70 bits per heavy atom. The lowest BCUT2D eigenvalue weighted by molar-refractivity contribution is -0.140. The molecule has 1 aromatic rings. The minimum absolute atomic E-state index is 0. The van der Waals surface area contributed by atoms with Crippen molar-refractivity contribution in [2.24, 2.45) is 11.8 Å². The molecule has 3 rings (SSSR count). The van der Waals surface area contributed by atoms with Gasteiger partial charge in [0.1, 0.15) is 5.82 Å². The molecule has 1 aromatic carbocycles. The summed E-state index contributed by atoms with van der Waals surface area (Å²) in [5, 5.41) is 3.13. The highest BCUT2D eigenvalue weighted by atomic mass is 35.5. The quantitative estimate of drug-likeness (QED) is 0.807. The zero-order valence-electron chi connectivity index (χ0n) is 11.8. The van der Waals surface area contributed by atoms with E-state index in [0.29, 0.717) is 19.2 Å². The summed E-state index contributed by atoms with van der Waals surface area (Å²) in [6, 6.07) is 1.66. The molecule has 2 aliphatic rings. The van der Waals surface area contributed by atoms with Crippen LogP contribution in [0.15, 0.2) is 23.1 Å². The van der Waals surface area contributed by atoms with Gasteiger partial charge in [-0.2, -0.15) is 17.5 Å². The molecule has 10 heteroatoms. The van der Waals surface area contributed by atoms with Gasteiger partial charge in [-0.3, -0.25) is 0 Å². The lowest BCUT2D eigenvalue weighted by Gasteiger charge is -2.20. The molecule has 0 bridgehead atoms. The fourth-order valence-electron chi connectivity index (χ4n) is 3.10. The van der Waals surface area contributed by atoms with Crippen molar-refractivity contribution in [1.29, 1.82) is 0 Å². The summed E-state index contributed by atoms with van der Waals surface area (Å²) < 4.78 is 78.3. The topological polar surface area (TPSA) is 49.4 Å². The average molecular weight is 375 g/mol. The number of hydrogen-bond donors (Lipinski definition) is 1. The molecule has 4 nitrogen and oxygen atoms in total. The third-order valence-corrected chi connectivity index (χ3v) is 6.11. The molecule has 0 spiro atoms. The van der Waals surface area contributed by atoms with Gasteiger partial charge in [0.25, 0.3) is 0 Å². The fraction of sp³-hybridized carbons (Fsp3) is 0.538. The second kappa shape index (κ2) is 6.19. The second-order valence-corrected chi connectivity index (χ2v) is 7.55. The Hall–Kier alpha value is -0.900. The molecule has 23 heavy (non-hydrogen) atoms. The molecule has 2 heterocycles. The third-order valence-electron chi connectivity index (χ3n) is 4.22. The van der Waals surface area contributed by atoms with E-state index in [1.807, 2.05) is 0 Å². The van der Waals surface area contributed by atoms with Crippen LogP contribution in [0.2, 0.25) is 0 Å². The number of sulfonamides is 1. The van der Waals surface area contributed by atoms with Crippen LogP contribution in [0.5, 0.6) is 0 Å². The highest BCUT2D eigenvalue weighted by Crippen LogP contribution is 2.38. The van der Waals surface area contributed by atoms with E-state index < -0.39 is 32.5 Å². The highest BCUT2D eigenvalue weighted by Gasteiger charge is 2.44. The SMILES string of the molecule is Cl.O=S(=O)(c1ccc(F)cc1C(F)(F)F)N1C[C@H]2CNC[C@H]2C1. The zero-order chi connectivity index (χ0) is 16.1. The average Bonchev–Trinajstić information content (AvgIpc) is 2.98. The minimum Gasteiger partial charge on any atom is -0.316 e. The monoisotopic (exact) mass is 374 g/mol. The Balaban J connectivity index is 0.00000192. The number of rotatable bonds is 2. The first-order chi connectivity index (χ1) is 10.2. The first kappa shape index (κ1) is 18.4. The van der Waals surface area contributed by atoms with Gasteiger partial charge in [0, 0.05) is 13.1 Å². The number of benzene rings is 1. The molecule has 0 radical (unpaired) electrons. The van der Waals surface area contributed by atoms with E-state index in [9.17, 15) is 26.0 Å². The van der Waals surface area contributed by atoms with Gasteiger partial charge in [-0.05, 0) is 43.1 Å². The van der Waals surface area contributed by atoms with Crippen molar-refractivity contribution in [3.05, 3.63) is 29.6 Å². The van der Waals surface area contributed by atoms with Crippen molar-refractivity contribution in [3.63, 3.8) is 0 Å². The van der Waals surface area contributed by atoms with E-state index in [1.165, 1.54) is 0 Å². The molecule has 130 valence electrons. The predicted octanol–water partition coefficient (Wildman–Crippen LogP) is 2.11. The Kier molecular flexibility index (Phi) is 4.97. The van der Waals surface area contributed by atoms with Crippen LogP contribution in [0.1, 0.15) is 5.56 Å². The van der Waals surface area contributed by atoms with Crippen LogP contribution < -0.4 is 5.32 Å². The molecule has 0 aliphatic carbocycles. The van der Waals surface area contributed by atoms with Crippen LogP contribution >= 0.6 is 12.4 Å². The molecule has 2 fully saturated rings. The van der Waals surface area contributed by atoms with Gasteiger partial charge < -0.3 is 5.32 Å². The van der Waals surface area contributed by atoms with Crippen LogP contribution in [-0.4, -0.2) is 38.9 Å². The molecule has 2 saturated heterocycles. The highest BCUT2D eigenvalue weighted by molar-refractivity contribution is 7.89. The van der Waals surface area contributed by atoms with E-state index in [2.05, 4.69) is 5.32 Å². The zero-order valence-corrected chi connectivity index (χ0v) is 13.4. The maximum Gasteiger partial charge on any atom is 0.417 e. The van der Waals surface area contributed by atoms with Crippen LogP contribution in [0, 0.1) is 17.7 Å². The molecular formula is C13H15ClF4N2O2S. The minimum atomic E-state index is -4.93. The van der Waals surface area contributed by atoms with Gasteiger partial charge in [-0.1, -0.05) is 0 Å². The summed E-state index contributed by atoms with van der Waals surface area (Å²) in [6.07, 6.45) is -4.93. The normalized spacial score (nSPS) is 25.2. The Bertz CT molecular complexity index is 684. The first-order valence-corrected chi connectivity index (χ1v) is 8.21. The van der Waals surface area contributed by atoms with Gasteiger partial charge in [-0.25, -0.2) is 12.8 Å². The van der Waals surface area contributed by atoms with Crippen LogP contribution in [0.3, 0.4) is 0 Å². The van der Waals surface area contributed by atoms with E-state index >= 15 is 0 Å². The van der Waals surface area contributed by atoms with Crippen molar-refractivity contribution in [3.8, 4) is 0 Å².